The van der Waals surface area contributed by atoms with E-state index in [1.807, 2.05) is 42.5 Å². The van der Waals surface area contributed by atoms with Crippen molar-refractivity contribution in [1.82, 2.24) is 10.2 Å². The summed E-state index contributed by atoms with van der Waals surface area (Å²) in [6.07, 6.45) is 1.76. The van der Waals surface area contributed by atoms with E-state index in [1.54, 1.807) is 6.20 Å². The van der Waals surface area contributed by atoms with Crippen molar-refractivity contribution in [3.63, 3.8) is 0 Å². The fourth-order valence-corrected chi connectivity index (χ4v) is 2.59. The number of nitrogens with zero attached hydrogens (tertiary/aromatic N) is 2. The Morgan fingerprint density at radius 3 is 2.52 bits per heavy atom. The minimum atomic E-state index is -0.401. The molecule has 0 fully saturated rings. The van der Waals surface area contributed by atoms with Gasteiger partial charge in [-0.05, 0) is 12.5 Å². The van der Waals surface area contributed by atoms with E-state index in [2.05, 4.69) is 34.6 Å². The highest BCUT2D eigenvalue weighted by Gasteiger charge is 2.26. The summed E-state index contributed by atoms with van der Waals surface area (Å²) in [5, 5.41) is 13.9. The molecule has 0 bridgehead atoms. The minimum Gasteiger partial charge on any atom is -0.358 e. The molecule has 0 spiro atoms. The number of rotatable bonds is 4. The van der Waals surface area contributed by atoms with Crippen molar-refractivity contribution in [2.24, 2.45) is 0 Å². The molecule has 0 saturated carbocycles. The van der Waals surface area contributed by atoms with Gasteiger partial charge >= 0.3 is 0 Å². The summed E-state index contributed by atoms with van der Waals surface area (Å²) in [4.78, 5) is 0. The van der Waals surface area contributed by atoms with E-state index in [-0.39, 0.29) is 0 Å². The molecule has 0 amide bonds. The average molecular weight is 298 g/mol. The van der Waals surface area contributed by atoms with Crippen LogP contribution < -0.4 is 5.32 Å². The molecule has 1 atom stereocenters. The standard InChI is InChI=1S/C17H16ClN3/c1-17(12-18,14-8-3-2-4-9-14)20-16-15-10-6-5-7-13(15)11-19-21-16/h2-11H,12H2,1H3,(H,20,21). The van der Waals surface area contributed by atoms with E-state index in [1.165, 1.54) is 0 Å². The van der Waals surface area contributed by atoms with Crippen LogP contribution in [-0.2, 0) is 5.54 Å². The normalized spacial score (nSPS) is 13.8. The molecule has 106 valence electrons. The van der Waals surface area contributed by atoms with Crippen molar-refractivity contribution in [2.45, 2.75) is 12.5 Å². The van der Waals surface area contributed by atoms with Crippen LogP contribution in [-0.4, -0.2) is 16.1 Å². The average Bonchev–Trinajstić information content (AvgIpc) is 2.56. The summed E-state index contributed by atoms with van der Waals surface area (Å²) in [6, 6.07) is 18.2. The van der Waals surface area contributed by atoms with Crippen LogP contribution >= 0.6 is 11.6 Å². The smallest absolute Gasteiger partial charge is 0.157 e. The van der Waals surface area contributed by atoms with Crippen molar-refractivity contribution in [3.05, 3.63) is 66.4 Å². The lowest BCUT2D eigenvalue weighted by molar-refractivity contribution is 0.613. The summed E-state index contributed by atoms with van der Waals surface area (Å²) in [7, 11) is 0. The van der Waals surface area contributed by atoms with Crippen LogP contribution in [0.15, 0.2) is 60.8 Å². The second-order valence-corrected chi connectivity index (χ2v) is 5.50. The van der Waals surface area contributed by atoms with Crippen LogP contribution in [0.2, 0.25) is 0 Å². The summed E-state index contributed by atoms with van der Waals surface area (Å²) in [5.74, 6) is 1.18. The Kier molecular flexibility index (Phi) is 3.76. The summed E-state index contributed by atoms with van der Waals surface area (Å²) in [6.45, 7) is 2.07. The van der Waals surface area contributed by atoms with Crippen LogP contribution in [0.3, 0.4) is 0 Å². The first-order valence-corrected chi connectivity index (χ1v) is 7.36. The van der Waals surface area contributed by atoms with E-state index in [0.29, 0.717) is 5.88 Å². The molecular weight excluding hydrogens is 282 g/mol. The highest BCUT2D eigenvalue weighted by molar-refractivity contribution is 6.18. The first-order chi connectivity index (χ1) is 10.2. The molecule has 1 unspecified atom stereocenters. The molecule has 4 heteroatoms. The molecule has 0 aliphatic carbocycles. The monoisotopic (exact) mass is 297 g/mol. The van der Waals surface area contributed by atoms with Gasteiger partial charge < -0.3 is 5.32 Å². The molecule has 1 N–H and O–H groups in total. The molecule has 0 aliphatic heterocycles. The summed E-state index contributed by atoms with van der Waals surface area (Å²) < 4.78 is 0. The molecule has 21 heavy (non-hydrogen) atoms. The van der Waals surface area contributed by atoms with E-state index in [4.69, 9.17) is 11.6 Å². The lowest BCUT2D eigenvalue weighted by atomic mass is 9.94. The SMILES string of the molecule is CC(CCl)(Nc1nncc2ccccc12)c1ccccc1. The lowest BCUT2D eigenvalue weighted by Gasteiger charge is -2.30. The van der Waals surface area contributed by atoms with Crippen LogP contribution in [0.4, 0.5) is 5.82 Å². The van der Waals surface area contributed by atoms with Crippen LogP contribution in [0.1, 0.15) is 12.5 Å². The van der Waals surface area contributed by atoms with Gasteiger partial charge in [0.15, 0.2) is 5.82 Å². The number of nitrogens with one attached hydrogen (secondary N) is 1. The van der Waals surface area contributed by atoms with E-state index < -0.39 is 5.54 Å². The topological polar surface area (TPSA) is 37.8 Å². The van der Waals surface area contributed by atoms with Gasteiger partial charge in [0.2, 0.25) is 0 Å². The lowest BCUT2D eigenvalue weighted by Crippen LogP contribution is -2.34. The number of fused-ring (bicyclic) bond motifs is 1. The third-order valence-corrected chi connectivity index (χ3v) is 4.18. The molecule has 3 aromatic rings. The third kappa shape index (κ3) is 2.69. The van der Waals surface area contributed by atoms with E-state index >= 15 is 0 Å². The molecule has 3 rings (SSSR count). The molecule has 0 saturated heterocycles. The predicted molar refractivity (Wildman–Crippen MR) is 87.7 cm³/mol. The number of anilines is 1. The first-order valence-electron chi connectivity index (χ1n) is 6.83. The van der Waals surface area contributed by atoms with Crippen LogP contribution in [0, 0.1) is 0 Å². The Labute approximate surface area is 129 Å². The summed E-state index contributed by atoms with van der Waals surface area (Å²) in [5.41, 5.74) is 0.719. The zero-order valence-corrected chi connectivity index (χ0v) is 12.5. The fourth-order valence-electron chi connectivity index (χ4n) is 2.37. The molecule has 1 aromatic heterocycles. The van der Waals surface area contributed by atoms with Gasteiger partial charge in [-0.2, -0.15) is 5.10 Å². The van der Waals surface area contributed by atoms with Crippen molar-refractivity contribution in [2.75, 3.05) is 11.2 Å². The van der Waals surface area contributed by atoms with Gasteiger partial charge in [-0.1, -0.05) is 54.6 Å². The zero-order chi connectivity index (χ0) is 14.7. The van der Waals surface area contributed by atoms with Gasteiger partial charge in [-0.25, -0.2) is 0 Å². The van der Waals surface area contributed by atoms with Gasteiger partial charge in [0.05, 0.1) is 11.7 Å². The summed E-state index contributed by atoms with van der Waals surface area (Å²) >= 11 is 6.23. The molecule has 3 nitrogen and oxygen atoms in total. The molecule has 1 heterocycles. The van der Waals surface area contributed by atoms with E-state index in [9.17, 15) is 0 Å². The number of hydrogen-bond acceptors (Lipinski definition) is 3. The Bertz CT molecular complexity index is 740. The Hall–Kier alpha value is -2.13. The van der Waals surface area contributed by atoms with Gasteiger partial charge in [-0.3, -0.25) is 0 Å². The van der Waals surface area contributed by atoms with Crippen LogP contribution in [0.5, 0.6) is 0 Å². The first kappa shape index (κ1) is 13.8. The number of alkyl halides is 1. The fraction of sp³-hybridized carbons (Fsp3) is 0.176. The zero-order valence-electron chi connectivity index (χ0n) is 11.8. The van der Waals surface area contributed by atoms with E-state index in [0.717, 1.165) is 22.2 Å². The highest BCUT2D eigenvalue weighted by atomic mass is 35.5. The second kappa shape index (κ2) is 5.70. The third-order valence-electron chi connectivity index (χ3n) is 3.64. The predicted octanol–water partition coefficient (Wildman–Crippen LogP) is 4.20. The number of halogens is 1. The number of benzene rings is 2. The maximum atomic E-state index is 6.23. The largest absolute Gasteiger partial charge is 0.358 e. The van der Waals surface area contributed by atoms with Gasteiger partial charge in [0.25, 0.3) is 0 Å². The van der Waals surface area contributed by atoms with Gasteiger partial charge in [0, 0.05) is 16.7 Å². The van der Waals surface area contributed by atoms with Crippen molar-refractivity contribution in [1.29, 1.82) is 0 Å². The Balaban J connectivity index is 2.04. The number of aromatic nitrogens is 2. The van der Waals surface area contributed by atoms with Crippen molar-refractivity contribution < 1.29 is 0 Å². The minimum absolute atomic E-state index is 0.401. The Morgan fingerprint density at radius 1 is 1.05 bits per heavy atom. The number of hydrogen-bond donors (Lipinski definition) is 1. The van der Waals surface area contributed by atoms with Crippen LogP contribution in [0.25, 0.3) is 10.8 Å². The van der Waals surface area contributed by atoms with Gasteiger partial charge in [0.1, 0.15) is 0 Å². The second-order valence-electron chi connectivity index (χ2n) is 5.24. The quantitative estimate of drug-likeness (QED) is 0.734. The molecule has 0 aliphatic rings. The Morgan fingerprint density at radius 2 is 1.76 bits per heavy atom. The highest BCUT2D eigenvalue weighted by Crippen LogP contribution is 2.29. The maximum absolute atomic E-state index is 6.23. The van der Waals surface area contributed by atoms with Gasteiger partial charge in [-0.15, -0.1) is 16.7 Å². The molecule has 0 radical (unpaired) electrons. The maximum Gasteiger partial charge on any atom is 0.157 e. The van der Waals surface area contributed by atoms with Crippen molar-refractivity contribution in [3.8, 4) is 0 Å². The molecular formula is C17H16ClN3. The molecule has 2 aromatic carbocycles. The van der Waals surface area contributed by atoms with Crippen molar-refractivity contribution >= 4 is 28.2 Å².